The van der Waals surface area contributed by atoms with E-state index in [1.165, 1.54) is 0 Å². The molecule has 2 unspecified atom stereocenters. The van der Waals surface area contributed by atoms with Gasteiger partial charge in [-0.2, -0.15) is 0 Å². The smallest absolute Gasteiger partial charge is 0.115 e. The van der Waals surface area contributed by atoms with Gasteiger partial charge in [0.25, 0.3) is 0 Å². The minimum atomic E-state index is -0.656. The average molecular weight is 195 g/mol. The van der Waals surface area contributed by atoms with Gasteiger partial charge in [-0.15, -0.1) is 0 Å². The highest BCUT2D eigenvalue weighted by atomic mass is 16.3. The van der Waals surface area contributed by atoms with E-state index in [4.69, 9.17) is 5.73 Å². The third kappa shape index (κ3) is 1.55. The van der Waals surface area contributed by atoms with Crippen LogP contribution in [0.2, 0.25) is 0 Å². The van der Waals surface area contributed by atoms with Crippen LogP contribution in [0.15, 0.2) is 12.5 Å². The van der Waals surface area contributed by atoms with Gasteiger partial charge < -0.3 is 15.4 Å². The summed E-state index contributed by atoms with van der Waals surface area (Å²) >= 11 is 0. The number of rotatable bonds is 3. The van der Waals surface area contributed by atoms with E-state index in [1.54, 1.807) is 6.33 Å². The monoisotopic (exact) mass is 195 g/mol. The molecule has 1 saturated carbocycles. The van der Waals surface area contributed by atoms with Gasteiger partial charge >= 0.3 is 0 Å². The lowest BCUT2D eigenvalue weighted by atomic mass is 9.88. The first-order valence-electron chi connectivity index (χ1n) is 4.96. The molecule has 0 radical (unpaired) electrons. The number of aromatic nitrogens is 2. The van der Waals surface area contributed by atoms with Crippen LogP contribution in [0.5, 0.6) is 0 Å². The Hall–Kier alpha value is -0.870. The van der Waals surface area contributed by atoms with Crippen molar-refractivity contribution in [3.63, 3.8) is 0 Å². The zero-order valence-electron chi connectivity index (χ0n) is 8.64. The molecule has 0 amide bonds. The number of imidazole rings is 1. The summed E-state index contributed by atoms with van der Waals surface area (Å²) in [4.78, 5) is 4.13. The molecule has 14 heavy (non-hydrogen) atoms. The van der Waals surface area contributed by atoms with Crippen LogP contribution in [0.3, 0.4) is 0 Å². The number of aliphatic hydroxyl groups excluding tert-OH is 1. The fraction of sp³-hybridized carbons (Fsp3) is 0.700. The molecule has 0 bridgehead atoms. The number of hydrogen-bond acceptors (Lipinski definition) is 3. The van der Waals surface area contributed by atoms with Gasteiger partial charge in [0.1, 0.15) is 6.10 Å². The maximum Gasteiger partial charge on any atom is 0.115 e. The third-order valence-electron chi connectivity index (χ3n) is 3.05. The first-order chi connectivity index (χ1) is 6.51. The zero-order valence-corrected chi connectivity index (χ0v) is 8.64. The molecule has 1 heterocycles. The van der Waals surface area contributed by atoms with Crippen molar-refractivity contribution in [3.05, 3.63) is 18.2 Å². The van der Waals surface area contributed by atoms with Crippen LogP contribution in [0.4, 0.5) is 0 Å². The van der Waals surface area contributed by atoms with Crippen LogP contribution in [-0.4, -0.2) is 20.2 Å². The Balaban J connectivity index is 2.18. The van der Waals surface area contributed by atoms with Crippen LogP contribution >= 0.6 is 0 Å². The lowest BCUT2D eigenvalue weighted by Gasteiger charge is -2.29. The van der Waals surface area contributed by atoms with Crippen molar-refractivity contribution < 1.29 is 5.11 Å². The second-order valence-corrected chi connectivity index (χ2v) is 4.51. The molecule has 0 aliphatic heterocycles. The standard InChI is InChI=1S/C10H17N3O/c1-10(11,7-3-4-7)9(14)8-5-13(2)6-12-8/h5-7,9,14H,3-4,11H2,1-2H3. The first-order valence-corrected chi connectivity index (χ1v) is 4.96. The number of aliphatic hydroxyl groups is 1. The molecule has 3 N–H and O–H groups in total. The van der Waals surface area contributed by atoms with Gasteiger partial charge in [-0.1, -0.05) is 0 Å². The Kier molecular flexibility index (Phi) is 2.12. The second kappa shape index (κ2) is 3.07. The Labute approximate surface area is 83.8 Å². The average Bonchev–Trinajstić information content (AvgIpc) is 2.89. The summed E-state index contributed by atoms with van der Waals surface area (Å²) < 4.78 is 1.82. The number of nitrogens with zero attached hydrogens (tertiary/aromatic N) is 2. The predicted molar refractivity (Wildman–Crippen MR) is 53.5 cm³/mol. The van der Waals surface area contributed by atoms with Crippen LogP contribution < -0.4 is 5.73 Å². The van der Waals surface area contributed by atoms with Crippen molar-refractivity contribution in [1.29, 1.82) is 0 Å². The molecule has 1 aliphatic rings. The molecular weight excluding hydrogens is 178 g/mol. The van der Waals surface area contributed by atoms with Gasteiger partial charge in [0.15, 0.2) is 0 Å². The van der Waals surface area contributed by atoms with Gasteiger partial charge in [-0.25, -0.2) is 4.98 Å². The summed E-state index contributed by atoms with van der Waals surface area (Å²) in [6, 6.07) is 0. The van der Waals surface area contributed by atoms with E-state index in [0.29, 0.717) is 11.6 Å². The molecule has 1 aromatic rings. The molecule has 4 heteroatoms. The van der Waals surface area contributed by atoms with Crippen molar-refractivity contribution in [1.82, 2.24) is 9.55 Å². The van der Waals surface area contributed by atoms with Crippen molar-refractivity contribution in [3.8, 4) is 0 Å². The largest absolute Gasteiger partial charge is 0.385 e. The lowest BCUT2D eigenvalue weighted by Crippen LogP contribution is -2.45. The summed E-state index contributed by atoms with van der Waals surface area (Å²) in [5, 5.41) is 10.1. The quantitative estimate of drug-likeness (QED) is 0.741. The Morgan fingerprint density at radius 2 is 2.36 bits per heavy atom. The van der Waals surface area contributed by atoms with Crippen LogP contribution in [-0.2, 0) is 7.05 Å². The zero-order chi connectivity index (χ0) is 10.3. The van der Waals surface area contributed by atoms with Gasteiger partial charge in [0.05, 0.1) is 12.0 Å². The van der Waals surface area contributed by atoms with E-state index in [-0.39, 0.29) is 0 Å². The van der Waals surface area contributed by atoms with Crippen LogP contribution in [0.1, 0.15) is 31.6 Å². The van der Waals surface area contributed by atoms with Gasteiger partial charge in [-0.05, 0) is 25.7 Å². The fourth-order valence-corrected chi connectivity index (χ4v) is 1.82. The Morgan fingerprint density at radius 1 is 1.71 bits per heavy atom. The molecule has 0 spiro atoms. The molecule has 1 aromatic heterocycles. The highest BCUT2D eigenvalue weighted by Crippen LogP contribution is 2.43. The van der Waals surface area contributed by atoms with Crippen molar-refractivity contribution in [2.24, 2.45) is 18.7 Å². The lowest BCUT2D eigenvalue weighted by molar-refractivity contribution is 0.0773. The molecule has 78 valence electrons. The van der Waals surface area contributed by atoms with E-state index < -0.39 is 11.6 Å². The normalized spacial score (nSPS) is 23.1. The molecule has 1 fully saturated rings. The Bertz CT molecular complexity index is 328. The number of hydrogen-bond donors (Lipinski definition) is 2. The number of aryl methyl sites for hydroxylation is 1. The number of nitrogens with two attached hydrogens (primary N) is 1. The van der Waals surface area contributed by atoms with Gasteiger partial charge in [0.2, 0.25) is 0 Å². The molecule has 4 nitrogen and oxygen atoms in total. The molecule has 2 atom stereocenters. The van der Waals surface area contributed by atoms with Gasteiger partial charge in [-0.3, -0.25) is 0 Å². The second-order valence-electron chi connectivity index (χ2n) is 4.51. The molecular formula is C10H17N3O. The minimum Gasteiger partial charge on any atom is -0.385 e. The summed E-state index contributed by atoms with van der Waals surface area (Å²) in [6.07, 6.45) is 5.09. The van der Waals surface area contributed by atoms with Crippen LogP contribution in [0, 0.1) is 5.92 Å². The van der Waals surface area contributed by atoms with Crippen molar-refractivity contribution in [2.45, 2.75) is 31.4 Å². The fourth-order valence-electron chi connectivity index (χ4n) is 1.82. The SMILES string of the molecule is Cn1cnc(C(O)C(C)(N)C2CC2)c1. The van der Waals surface area contributed by atoms with Crippen molar-refractivity contribution in [2.75, 3.05) is 0 Å². The van der Waals surface area contributed by atoms with Crippen molar-refractivity contribution >= 4 is 0 Å². The minimum absolute atomic E-state index is 0.444. The maximum atomic E-state index is 10.1. The molecule has 0 saturated heterocycles. The van der Waals surface area contributed by atoms with E-state index in [0.717, 1.165) is 12.8 Å². The summed E-state index contributed by atoms with van der Waals surface area (Å²) in [5.41, 5.74) is 6.24. The summed E-state index contributed by atoms with van der Waals surface area (Å²) in [7, 11) is 1.88. The predicted octanol–water partition coefficient (Wildman–Crippen LogP) is 0.581. The first kappa shape index (κ1) is 9.68. The highest BCUT2D eigenvalue weighted by molar-refractivity contribution is 5.12. The maximum absolute atomic E-state index is 10.1. The van der Waals surface area contributed by atoms with Crippen LogP contribution in [0.25, 0.3) is 0 Å². The molecule has 1 aliphatic carbocycles. The van der Waals surface area contributed by atoms with E-state index in [2.05, 4.69) is 4.98 Å². The Morgan fingerprint density at radius 3 is 2.79 bits per heavy atom. The van der Waals surface area contributed by atoms with E-state index in [9.17, 15) is 5.11 Å². The van der Waals surface area contributed by atoms with Gasteiger partial charge in [0, 0.05) is 18.8 Å². The topological polar surface area (TPSA) is 64.1 Å². The third-order valence-corrected chi connectivity index (χ3v) is 3.05. The molecule has 2 rings (SSSR count). The highest BCUT2D eigenvalue weighted by Gasteiger charge is 2.44. The summed E-state index contributed by atoms with van der Waals surface area (Å²) in [5.74, 6) is 0.444. The summed E-state index contributed by atoms with van der Waals surface area (Å²) in [6.45, 7) is 1.91. The van der Waals surface area contributed by atoms with E-state index >= 15 is 0 Å². The molecule has 0 aromatic carbocycles. The van der Waals surface area contributed by atoms with E-state index in [1.807, 2.05) is 24.7 Å².